The fourth-order valence-electron chi connectivity index (χ4n) is 2.10. The summed E-state index contributed by atoms with van der Waals surface area (Å²) in [7, 11) is 0. The molecule has 1 aromatic carbocycles. The number of carbonyl (C=O) groups is 2. The third-order valence-corrected chi connectivity index (χ3v) is 3.15. The Labute approximate surface area is 121 Å². The zero-order valence-electron chi connectivity index (χ0n) is 11.4. The van der Waals surface area contributed by atoms with Crippen LogP contribution < -0.4 is 0 Å². The second-order valence-electron chi connectivity index (χ2n) is 4.67. The van der Waals surface area contributed by atoms with Crippen LogP contribution in [-0.4, -0.2) is 48.2 Å². The Hall–Kier alpha value is -2.21. The van der Waals surface area contributed by atoms with Gasteiger partial charge in [0.1, 0.15) is 5.82 Å². The topological polar surface area (TPSA) is 66.8 Å². The molecule has 0 bridgehead atoms. The van der Waals surface area contributed by atoms with Crippen molar-refractivity contribution in [3.05, 3.63) is 41.2 Å². The molecule has 1 fully saturated rings. The number of halogens is 1. The van der Waals surface area contributed by atoms with Crippen LogP contribution in [0.5, 0.6) is 0 Å². The minimum atomic E-state index is -1.10. The van der Waals surface area contributed by atoms with Crippen LogP contribution in [0.3, 0.4) is 0 Å². The maximum atomic E-state index is 13.9. The molecule has 1 aliphatic rings. The molecule has 21 heavy (non-hydrogen) atoms. The first kappa shape index (κ1) is 15.2. The molecule has 1 aromatic rings. The Bertz CT molecular complexity index is 563. The largest absolute Gasteiger partial charge is 0.478 e. The molecule has 0 saturated carbocycles. The maximum absolute atomic E-state index is 13.9. The molecule has 1 heterocycles. The molecule has 0 unspecified atom stereocenters. The van der Waals surface area contributed by atoms with Gasteiger partial charge in [-0.3, -0.25) is 4.79 Å². The highest BCUT2D eigenvalue weighted by molar-refractivity contribution is 5.95. The summed E-state index contributed by atoms with van der Waals surface area (Å²) in [5, 5.41) is 8.59. The summed E-state index contributed by atoms with van der Waals surface area (Å²) in [6, 6.07) is 3.96. The SMILES string of the molecule is O=C(O)C=Cc1ccc(F)c(C(=O)N2CCCOCC2)c1. The number of ether oxygens (including phenoxy) is 1. The monoisotopic (exact) mass is 293 g/mol. The van der Waals surface area contributed by atoms with Gasteiger partial charge in [-0.25, -0.2) is 9.18 Å². The fraction of sp³-hybridized carbons (Fsp3) is 0.333. The van der Waals surface area contributed by atoms with Crippen molar-refractivity contribution in [3.63, 3.8) is 0 Å². The molecule has 2 rings (SSSR count). The third kappa shape index (κ3) is 4.13. The highest BCUT2D eigenvalue weighted by Gasteiger charge is 2.20. The number of rotatable bonds is 3. The molecule has 5 nitrogen and oxygen atoms in total. The molecule has 1 aliphatic heterocycles. The van der Waals surface area contributed by atoms with E-state index in [1.807, 2.05) is 0 Å². The number of carbonyl (C=O) groups excluding carboxylic acids is 1. The van der Waals surface area contributed by atoms with Crippen molar-refractivity contribution in [1.29, 1.82) is 0 Å². The van der Waals surface area contributed by atoms with Crippen LogP contribution >= 0.6 is 0 Å². The first-order valence-electron chi connectivity index (χ1n) is 6.65. The number of carboxylic acid groups (broad SMARTS) is 1. The van der Waals surface area contributed by atoms with Gasteiger partial charge >= 0.3 is 5.97 Å². The van der Waals surface area contributed by atoms with Gasteiger partial charge in [-0.15, -0.1) is 0 Å². The van der Waals surface area contributed by atoms with Crippen molar-refractivity contribution in [2.24, 2.45) is 0 Å². The smallest absolute Gasteiger partial charge is 0.328 e. The number of hydrogen-bond donors (Lipinski definition) is 1. The predicted octanol–water partition coefficient (Wildman–Crippen LogP) is 1.79. The zero-order chi connectivity index (χ0) is 15.2. The molecule has 112 valence electrons. The summed E-state index contributed by atoms with van der Waals surface area (Å²) >= 11 is 0. The van der Waals surface area contributed by atoms with Gasteiger partial charge in [0, 0.05) is 25.8 Å². The molecule has 0 atom stereocenters. The number of amides is 1. The summed E-state index contributed by atoms with van der Waals surface area (Å²) in [4.78, 5) is 24.4. The van der Waals surface area contributed by atoms with Crippen LogP contribution in [0.25, 0.3) is 6.08 Å². The van der Waals surface area contributed by atoms with Crippen molar-refractivity contribution in [2.45, 2.75) is 6.42 Å². The lowest BCUT2D eigenvalue weighted by Crippen LogP contribution is -2.33. The summed E-state index contributed by atoms with van der Waals surface area (Å²) in [5.41, 5.74) is 0.415. The fourth-order valence-corrected chi connectivity index (χ4v) is 2.10. The number of benzene rings is 1. The minimum Gasteiger partial charge on any atom is -0.478 e. The van der Waals surface area contributed by atoms with E-state index >= 15 is 0 Å². The predicted molar refractivity (Wildman–Crippen MR) is 74.4 cm³/mol. The van der Waals surface area contributed by atoms with E-state index in [-0.39, 0.29) is 5.56 Å². The Balaban J connectivity index is 2.22. The lowest BCUT2D eigenvalue weighted by molar-refractivity contribution is -0.131. The van der Waals surface area contributed by atoms with Crippen LogP contribution in [-0.2, 0) is 9.53 Å². The Morgan fingerprint density at radius 2 is 2.10 bits per heavy atom. The zero-order valence-corrected chi connectivity index (χ0v) is 11.4. The van der Waals surface area contributed by atoms with E-state index in [9.17, 15) is 14.0 Å². The summed E-state index contributed by atoms with van der Waals surface area (Å²) < 4.78 is 19.1. The molecule has 0 radical (unpaired) electrons. The average molecular weight is 293 g/mol. The first-order valence-corrected chi connectivity index (χ1v) is 6.65. The van der Waals surface area contributed by atoms with Crippen molar-refractivity contribution in [1.82, 2.24) is 4.90 Å². The Morgan fingerprint density at radius 3 is 2.86 bits per heavy atom. The highest BCUT2D eigenvalue weighted by atomic mass is 19.1. The number of aliphatic carboxylic acids is 1. The van der Waals surface area contributed by atoms with E-state index in [4.69, 9.17) is 9.84 Å². The average Bonchev–Trinajstić information content (AvgIpc) is 2.74. The Morgan fingerprint density at radius 1 is 1.29 bits per heavy atom. The first-order chi connectivity index (χ1) is 10.1. The molecule has 6 heteroatoms. The van der Waals surface area contributed by atoms with Crippen molar-refractivity contribution in [2.75, 3.05) is 26.3 Å². The van der Waals surface area contributed by atoms with Crippen LogP contribution in [0.1, 0.15) is 22.3 Å². The molecule has 0 aliphatic carbocycles. The van der Waals surface area contributed by atoms with Crippen molar-refractivity contribution < 1.29 is 23.8 Å². The van der Waals surface area contributed by atoms with Gasteiger partial charge in [0.2, 0.25) is 0 Å². The van der Waals surface area contributed by atoms with Gasteiger partial charge < -0.3 is 14.7 Å². The Kier molecular flexibility index (Phi) is 5.05. The van der Waals surface area contributed by atoms with E-state index in [0.29, 0.717) is 38.3 Å². The summed E-state index contributed by atoms with van der Waals surface area (Å²) in [6.45, 7) is 1.97. The minimum absolute atomic E-state index is 0.0514. The maximum Gasteiger partial charge on any atom is 0.328 e. The van der Waals surface area contributed by atoms with Crippen molar-refractivity contribution >= 4 is 18.0 Å². The normalized spacial score (nSPS) is 16.0. The summed E-state index contributed by atoms with van der Waals surface area (Å²) in [5.74, 6) is -2.11. The second-order valence-corrected chi connectivity index (χ2v) is 4.67. The molecule has 1 amide bonds. The van der Waals surface area contributed by atoms with Crippen LogP contribution in [0.15, 0.2) is 24.3 Å². The molecular weight excluding hydrogens is 277 g/mol. The number of carboxylic acids is 1. The van der Waals surface area contributed by atoms with Gasteiger partial charge in [-0.2, -0.15) is 0 Å². The van der Waals surface area contributed by atoms with Gasteiger partial charge in [-0.05, 0) is 30.2 Å². The molecular formula is C15H16FNO4. The summed E-state index contributed by atoms with van der Waals surface area (Å²) in [6.07, 6.45) is 2.98. The van der Waals surface area contributed by atoms with Gasteiger partial charge in [0.05, 0.1) is 12.2 Å². The number of hydrogen-bond acceptors (Lipinski definition) is 3. The van der Waals surface area contributed by atoms with Crippen LogP contribution in [0.2, 0.25) is 0 Å². The molecule has 0 aromatic heterocycles. The standard InChI is InChI=1S/C15H16FNO4/c16-13-4-2-11(3-5-14(18)19)10-12(13)15(20)17-6-1-8-21-9-7-17/h2-5,10H,1,6-9H2,(H,18,19). The quantitative estimate of drug-likeness (QED) is 0.863. The third-order valence-electron chi connectivity index (χ3n) is 3.15. The van der Waals surface area contributed by atoms with E-state index in [1.54, 1.807) is 4.90 Å². The van der Waals surface area contributed by atoms with Gasteiger partial charge in [-0.1, -0.05) is 6.07 Å². The van der Waals surface area contributed by atoms with E-state index < -0.39 is 17.7 Å². The van der Waals surface area contributed by atoms with Gasteiger partial charge in [0.25, 0.3) is 5.91 Å². The second kappa shape index (κ2) is 6.99. The lowest BCUT2D eigenvalue weighted by Gasteiger charge is -2.20. The van der Waals surface area contributed by atoms with E-state index in [1.165, 1.54) is 24.3 Å². The van der Waals surface area contributed by atoms with Crippen LogP contribution in [0, 0.1) is 5.82 Å². The molecule has 1 N–H and O–H groups in total. The molecule has 0 spiro atoms. The van der Waals surface area contributed by atoms with Crippen LogP contribution in [0.4, 0.5) is 4.39 Å². The lowest BCUT2D eigenvalue weighted by atomic mass is 10.1. The highest BCUT2D eigenvalue weighted by Crippen LogP contribution is 2.15. The molecule has 1 saturated heterocycles. The number of nitrogens with zero attached hydrogens (tertiary/aromatic N) is 1. The van der Waals surface area contributed by atoms with E-state index in [2.05, 4.69) is 0 Å². The van der Waals surface area contributed by atoms with Crippen molar-refractivity contribution in [3.8, 4) is 0 Å². The van der Waals surface area contributed by atoms with E-state index in [0.717, 1.165) is 6.08 Å². The van der Waals surface area contributed by atoms with Gasteiger partial charge in [0.15, 0.2) is 0 Å².